The minimum atomic E-state index is -0.204. The van der Waals surface area contributed by atoms with E-state index < -0.39 is 0 Å². The topological polar surface area (TPSA) is 101 Å². The number of benzene rings is 2. The molecule has 1 fully saturated rings. The first-order valence-electron chi connectivity index (χ1n) is 11.6. The zero-order chi connectivity index (χ0) is 24.9. The first kappa shape index (κ1) is 23.1. The van der Waals surface area contributed by atoms with Crippen molar-refractivity contribution < 1.29 is 18.7 Å². The van der Waals surface area contributed by atoms with Crippen LogP contribution >= 0.6 is 0 Å². The number of rotatable bonds is 6. The fraction of sp³-hybridized carbons (Fsp3) is 0.185. The molecule has 1 N–H and O–H groups in total. The fourth-order valence-corrected chi connectivity index (χ4v) is 4.04. The highest BCUT2D eigenvalue weighted by Crippen LogP contribution is 2.26. The molecule has 0 atom stereocenters. The van der Waals surface area contributed by atoms with E-state index in [-0.39, 0.29) is 11.8 Å². The van der Waals surface area contributed by atoms with Crippen LogP contribution in [0.2, 0.25) is 0 Å². The molecule has 1 aliphatic rings. The van der Waals surface area contributed by atoms with E-state index in [9.17, 15) is 9.59 Å². The highest BCUT2D eigenvalue weighted by atomic mass is 16.5. The molecule has 4 aromatic rings. The minimum Gasteiger partial charge on any atom is -0.497 e. The van der Waals surface area contributed by atoms with Crippen LogP contribution in [0.4, 0.5) is 11.5 Å². The Balaban J connectivity index is 1.39. The lowest BCUT2D eigenvalue weighted by Gasteiger charge is -2.34. The largest absolute Gasteiger partial charge is 0.497 e. The summed E-state index contributed by atoms with van der Waals surface area (Å²) in [5.74, 6) is 1.50. The van der Waals surface area contributed by atoms with E-state index in [1.165, 1.54) is 6.26 Å². The van der Waals surface area contributed by atoms with E-state index >= 15 is 0 Å². The number of carbonyl (C=O) groups is 2. The van der Waals surface area contributed by atoms with Gasteiger partial charge in [-0.2, -0.15) is 0 Å². The van der Waals surface area contributed by atoms with Crippen molar-refractivity contribution in [1.82, 2.24) is 19.8 Å². The van der Waals surface area contributed by atoms with Crippen LogP contribution in [0.25, 0.3) is 11.4 Å². The number of aromatic nitrogens is 2. The second-order valence-electron chi connectivity index (χ2n) is 8.24. The number of nitrogens with zero attached hydrogens (tertiary/aromatic N) is 4. The minimum absolute atomic E-state index is 0.178. The third-order valence-corrected chi connectivity index (χ3v) is 5.97. The van der Waals surface area contributed by atoms with E-state index in [1.54, 1.807) is 35.2 Å². The number of amides is 2. The molecule has 0 bridgehead atoms. The Morgan fingerprint density at radius 3 is 2.36 bits per heavy atom. The number of piperazine rings is 1. The molecule has 182 valence electrons. The van der Waals surface area contributed by atoms with Gasteiger partial charge >= 0.3 is 0 Å². The normalized spacial score (nSPS) is 13.4. The van der Waals surface area contributed by atoms with Crippen LogP contribution in [0, 0.1) is 0 Å². The Labute approximate surface area is 208 Å². The van der Waals surface area contributed by atoms with Gasteiger partial charge in [-0.15, -0.1) is 0 Å². The first-order valence-corrected chi connectivity index (χ1v) is 11.6. The maximum absolute atomic E-state index is 13.5. The Bertz CT molecular complexity index is 1350. The Morgan fingerprint density at radius 2 is 1.67 bits per heavy atom. The summed E-state index contributed by atoms with van der Waals surface area (Å²) in [7, 11) is 1.60. The van der Waals surface area contributed by atoms with E-state index in [0.29, 0.717) is 54.9 Å². The molecular formula is C27H25N5O4. The lowest BCUT2D eigenvalue weighted by atomic mass is 10.2. The molecule has 1 saturated heterocycles. The van der Waals surface area contributed by atoms with Crippen molar-refractivity contribution in [2.24, 2.45) is 0 Å². The lowest BCUT2D eigenvalue weighted by molar-refractivity contribution is 0.0518. The zero-order valence-electron chi connectivity index (χ0n) is 19.8. The lowest BCUT2D eigenvalue weighted by Crippen LogP contribution is -2.50. The Kier molecular flexibility index (Phi) is 6.61. The van der Waals surface area contributed by atoms with Gasteiger partial charge in [-0.25, -0.2) is 9.97 Å². The number of nitrogens with one attached hydrogen (secondary N) is 1. The fourth-order valence-electron chi connectivity index (χ4n) is 4.04. The number of furan rings is 1. The molecule has 0 radical (unpaired) electrons. The van der Waals surface area contributed by atoms with Crippen LogP contribution < -0.4 is 10.1 Å². The van der Waals surface area contributed by atoms with Gasteiger partial charge in [0.05, 0.1) is 13.4 Å². The van der Waals surface area contributed by atoms with Gasteiger partial charge in [-0.1, -0.05) is 36.4 Å². The second-order valence-corrected chi connectivity index (χ2v) is 8.24. The third-order valence-electron chi connectivity index (χ3n) is 5.97. The van der Waals surface area contributed by atoms with Gasteiger partial charge in [0.25, 0.3) is 11.8 Å². The van der Waals surface area contributed by atoms with Crippen molar-refractivity contribution in [3.63, 3.8) is 0 Å². The third kappa shape index (κ3) is 4.90. The Hall–Kier alpha value is -4.66. The standard InChI is InChI=1S/C27H25N5O4/c1-35-21-10-5-9-20(17-21)29-25-22(18-28-24(30-25)19-7-3-2-4-8-19)26(33)31-12-14-32(15-13-31)27(34)23-11-6-16-36-23/h2-11,16-18H,12-15H2,1H3,(H,28,29,30). The zero-order valence-corrected chi connectivity index (χ0v) is 19.8. The van der Waals surface area contributed by atoms with Crippen LogP contribution in [-0.2, 0) is 0 Å². The molecule has 36 heavy (non-hydrogen) atoms. The molecule has 5 rings (SSSR count). The van der Waals surface area contributed by atoms with E-state index in [0.717, 1.165) is 11.3 Å². The summed E-state index contributed by atoms with van der Waals surface area (Å²) in [6.07, 6.45) is 3.03. The summed E-state index contributed by atoms with van der Waals surface area (Å²) in [4.78, 5) is 38.7. The number of methoxy groups -OCH3 is 1. The average molecular weight is 484 g/mol. The van der Waals surface area contributed by atoms with E-state index in [2.05, 4.69) is 10.3 Å². The summed E-state index contributed by atoms with van der Waals surface area (Å²) in [6.45, 7) is 1.61. The molecule has 9 heteroatoms. The summed E-state index contributed by atoms with van der Waals surface area (Å²) in [5, 5.41) is 3.27. The number of hydrogen-bond acceptors (Lipinski definition) is 7. The van der Waals surface area contributed by atoms with Gasteiger partial charge < -0.3 is 24.3 Å². The maximum atomic E-state index is 13.5. The number of carbonyl (C=O) groups excluding carboxylic acids is 2. The van der Waals surface area contributed by atoms with Gasteiger partial charge in [0.1, 0.15) is 17.1 Å². The monoisotopic (exact) mass is 483 g/mol. The average Bonchev–Trinajstić information content (AvgIpc) is 3.48. The Morgan fingerprint density at radius 1 is 0.917 bits per heavy atom. The van der Waals surface area contributed by atoms with Gasteiger partial charge in [-0.3, -0.25) is 9.59 Å². The molecule has 0 spiro atoms. The number of hydrogen-bond donors (Lipinski definition) is 1. The molecule has 0 unspecified atom stereocenters. The number of ether oxygens (including phenoxy) is 1. The van der Waals surface area contributed by atoms with Crippen LogP contribution in [-0.4, -0.2) is 64.9 Å². The van der Waals surface area contributed by atoms with E-state index in [1.807, 2.05) is 54.6 Å². The molecule has 2 aromatic heterocycles. The summed E-state index contributed by atoms with van der Waals surface area (Å²) >= 11 is 0. The summed E-state index contributed by atoms with van der Waals surface area (Å²) < 4.78 is 10.6. The predicted octanol–water partition coefficient (Wildman–Crippen LogP) is 4.09. The second kappa shape index (κ2) is 10.3. The van der Waals surface area contributed by atoms with Gasteiger partial charge in [0.2, 0.25) is 0 Å². The van der Waals surface area contributed by atoms with Crippen molar-refractivity contribution in [3.05, 3.63) is 90.5 Å². The smallest absolute Gasteiger partial charge is 0.289 e. The molecule has 2 amide bonds. The summed E-state index contributed by atoms with van der Waals surface area (Å²) in [6, 6.07) is 20.3. The molecular weight excluding hydrogens is 458 g/mol. The van der Waals surface area contributed by atoms with Gasteiger partial charge in [-0.05, 0) is 24.3 Å². The van der Waals surface area contributed by atoms with Crippen molar-refractivity contribution in [2.45, 2.75) is 0 Å². The molecule has 0 aliphatic carbocycles. The summed E-state index contributed by atoms with van der Waals surface area (Å²) in [5.41, 5.74) is 1.92. The molecule has 0 saturated carbocycles. The van der Waals surface area contributed by atoms with Gasteiger partial charge in [0, 0.05) is 49.7 Å². The highest BCUT2D eigenvalue weighted by molar-refractivity contribution is 5.99. The van der Waals surface area contributed by atoms with Crippen molar-refractivity contribution in [2.75, 3.05) is 38.6 Å². The molecule has 2 aromatic carbocycles. The van der Waals surface area contributed by atoms with E-state index in [4.69, 9.17) is 14.1 Å². The van der Waals surface area contributed by atoms with Crippen LogP contribution in [0.3, 0.4) is 0 Å². The van der Waals surface area contributed by atoms with Gasteiger partial charge in [0.15, 0.2) is 11.6 Å². The molecule has 3 heterocycles. The van der Waals surface area contributed by atoms with Crippen molar-refractivity contribution in [3.8, 4) is 17.1 Å². The quantitative estimate of drug-likeness (QED) is 0.441. The van der Waals surface area contributed by atoms with Crippen molar-refractivity contribution in [1.29, 1.82) is 0 Å². The van der Waals surface area contributed by atoms with Crippen LogP contribution in [0.5, 0.6) is 5.75 Å². The molecule has 9 nitrogen and oxygen atoms in total. The van der Waals surface area contributed by atoms with Crippen molar-refractivity contribution >= 4 is 23.3 Å². The van der Waals surface area contributed by atoms with Crippen LogP contribution in [0.1, 0.15) is 20.9 Å². The highest BCUT2D eigenvalue weighted by Gasteiger charge is 2.28. The maximum Gasteiger partial charge on any atom is 0.289 e. The molecule has 1 aliphatic heterocycles. The van der Waals surface area contributed by atoms with Crippen LogP contribution in [0.15, 0.2) is 83.6 Å². The first-order chi connectivity index (χ1) is 17.6. The predicted molar refractivity (Wildman–Crippen MR) is 134 cm³/mol. The number of anilines is 2. The SMILES string of the molecule is COc1cccc(Nc2nc(-c3ccccc3)ncc2C(=O)N2CCN(C(=O)c3ccco3)CC2)c1.